The Balaban J connectivity index is 1.42. The number of hydrogen-bond donors (Lipinski definition) is 3. The fraction of sp³-hybridized carbons (Fsp3) is 0.320. The van der Waals surface area contributed by atoms with E-state index in [0.717, 1.165) is 47.2 Å². The minimum Gasteiger partial charge on any atom is -0.480 e. The van der Waals surface area contributed by atoms with Gasteiger partial charge in [-0.15, -0.1) is 0 Å². The van der Waals surface area contributed by atoms with Crippen molar-refractivity contribution in [3.63, 3.8) is 0 Å². The number of benzene rings is 2. The Labute approximate surface area is 208 Å². The Morgan fingerprint density at radius 3 is 2.31 bits per heavy atom. The Hall–Kier alpha value is -2.95. The van der Waals surface area contributed by atoms with Crippen LogP contribution >= 0.6 is 11.8 Å². The van der Waals surface area contributed by atoms with Gasteiger partial charge in [0.25, 0.3) is 5.56 Å². The highest BCUT2D eigenvalue weighted by Crippen LogP contribution is 2.26. The molecule has 10 heteroatoms. The van der Waals surface area contributed by atoms with Crippen LogP contribution in [0.4, 0.5) is 0 Å². The van der Waals surface area contributed by atoms with E-state index < -0.39 is 28.0 Å². The second-order valence-electron chi connectivity index (χ2n) is 8.84. The first kappa shape index (κ1) is 25.2. The van der Waals surface area contributed by atoms with Crippen molar-refractivity contribution in [1.29, 1.82) is 0 Å². The number of H-pyrrole nitrogens is 1. The van der Waals surface area contributed by atoms with E-state index in [1.54, 1.807) is 26.0 Å². The SMILES string of the molecule is CC(C)C(NS(=O)(=O)c1ccc(-c2ccc(CSc3nc4c(c(=O)[nH]3)CCC4)cc2)cc1)C(=O)O. The van der Waals surface area contributed by atoms with Crippen molar-refractivity contribution in [2.45, 2.75) is 55.0 Å². The van der Waals surface area contributed by atoms with Crippen molar-refractivity contribution in [2.75, 3.05) is 0 Å². The summed E-state index contributed by atoms with van der Waals surface area (Å²) in [5.41, 5.74) is 4.52. The van der Waals surface area contributed by atoms with Gasteiger partial charge in [-0.25, -0.2) is 13.4 Å². The molecule has 0 aliphatic heterocycles. The van der Waals surface area contributed by atoms with Gasteiger partial charge in [0.05, 0.1) is 10.6 Å². The second-order valence-corrected chi connectivity index (χ2v) is 11.5. The molecular weight excluding hydrogens is 486 g/mol. The van der Waals surface area contributed by atoms with Crippen molar-refractivity contribution in [2.24, 2.45) is 5.92 Å². The average Bonchev–Trinajstić information content (AvgIpc) is 3.31. The monoisotopic (exact) mass is 513 g/mol. The molecule has 1 unspecified atom stereocenters. The zero-order chi connectivity index (χ0) is 25.2. The van der Waals surface area contributed by atoms with E-state index in [4.69, 9.17) is 0 Å². The van der Waals surface area contributed by atoms with E-state index in [0.29, 0.717) is 10.9 Å². The van der Waals surface area contributed by atoms with Crippen molar-refractivity contribution in [1.82, 2.24) is 14.7 Å². The molecule has 3 N–H and O–H groups in total. The van der Waals surface area contributed by atoms with Gasteiger partial charge in [0, 0.05) is 11.3 Å². The smallest absolute Gasteiger partial charge is 0.322 e. The van der Waals surface area contributed by atoms with Gasteiger partial charge >= 0.3 is 5.97 Å². The third-order valence-electron chi connectivity index (χ3n) is 5.96. The van der Waals surface area contributed by atoms with Gasteiger partial charge in [-0.2, -0.15) is 4.72 Å². The van der Waals surface area contributed by atoms with Crippen molar-refractivity contribution in [3.05, 3.63) is 75.7 Å². The topological polar surface area (TPSA) is 129 Å². The molecule has 8 nitrogen and oxygen atoms in total. The molecule has 184 valence electrons. The maximum Gasteiger partial charge on any atom is 0.322 e. The van der Waals surface area contributed by atoms with Gasteiger partial charge < -0.3 is 10.1 Å². The molecule has 2 aromatic carbocycles. The summed E-state index contributed by atoms with van der Waals surface area (Å²) in [6, 6.07) is 13.0. The lowest BCUT2D eigenvalue weighted by Gasteiger charge is -2.18. The van der Waals surface area contributed by atoms with Crippen LogP contribution in [0.5, 0.6) is 0 Å². The minimum atomic E-state index is -3.96. The quantitative estimate of drug-likeness (QED) is 0.294. The molecule has 35 heavy (non-hydrogen) atoms. The third-order valence-corrected chi connectivity index (χ3v) is 8.36. The molecule has 1 aromatic heterocycles. The Morgan fingerprint density at radius 2 is 1.71 bits per heavy atom. The second kappa shape index (κ2) is 10.3. The number of carboxylic acids is 1. The van der Waals surface area contributed by atoms with Crippen LogP contribution in [0, 0.1) is 5.92 Å². The molecule has 0 saturated carbocycles. The van der Waals surface area contributed by atoms with Gasteiger partial charge in [0.1, 0.15) is 6.04 Å². The molecule has 0 fully saturated rings. The van der Waals surface area contributed by atoms with Crippen LogP contribution in [0.2, 0.25) is 0 Å². The van der Waals surface area contributed by atoms with E-state index in [1.165, 1.54) is 23.9 Å². The number of nitrogens with one attached hydrogen (secondary N) is 2. The number of nitrogens with zero attached hydrogens (tertiary/aromatic N) is 1. The van der Waals surface area contributed by atoms with Crippen LogP contribution in [0.1, 0.15) is 37.1 Å². The van der Waals surface area contributed by atoms with Crippen molar-refractivity contribution < 1.29 is 18.3 Å². The van der Waals surface area contributed by atoms with Crippen LogP contribution in [-0.4, -0.2) is 35.5 Å². The molecule has 0 bridgehead atoms. The predicted molar refractivity (Wildman–Crippen MR) is 135 cm³/mol. The first-order valence-electron chi connectivity index (χ1n) is 11.3. The average molecular weight is 514 g/mol. The van der Waals surface area contributed by atoms with Crippen LogP contribution < -0.4 is 10.3 Å². The lowest BCUT2D eigenvalue weighted by atomic mass is 10.0. The Morgan fingerprint density at radius 1 is 1.09 bits per heavy atom. The van der Waals surface area contributed by atoms with Gasteiger partial charge in [0.15, 0.2) is 5.16 Å². The Kier molecular flexibility index (Phi) is 7.44. The number of sulfonamides is 1. The zero-order valence-corrected chi connectivity index (χ0v) is 21.1. The standard InChI is InChI=1S/C25H27N3O5S2/c1-15(2)22(24(30)31)28-35(32,33)19-12-10-18(11-13-19)17-8-6-16(7-9-17)14-34-25-26-21-5-3-4-20(21)23(29)27-25/h6-13,15,22,28H,3-5,14H2,1-2H3,(H,30,31)(H,26,27,29). The van der Waals surface area contributed by atoms with Crippen LogP contribution in [0.3, 0.4) is 0 Å². The van der Waals surface area contributed by atoms with Gasteiger partial charge in [-0.3, -0.25) is 9.59 Å². The molecule has 0 radical (unpaired) electrons. The molecule has 0 saturated heterocycles. The summed E-state index contributed by atoms with van der Waals surface area (Å²) in [5, 5.41) is 9.91. The predicted octanol–water partition coefficient (Wildman–Crippen LogP) is 3.61. The number of aliphatic carboxylic acids is 1. The van der Waals surface area contributed by atoms with E-state index in [2.05, 4.69) is 14.7 Å². The summed E-state index contributed by atoms with van der Waals surface area (Å²) in [6.07, 6.45) is 2.63. The summed E-state index contributed by atoms with van der Waals surface area (Å²) in [7, 11) is -3.96. The summed E-state index contributed by atoms with van der Waals surface area (Å²) < 4.78 is 27.5. The van der Waals surface area contributed by atoms with Crippen molar-refractivity contribution in [3.8, 4) is 11.1 Å². The summed E-state index contributed by atoms with van der Waals surface area (Å²) in [4.78, 5) is 31.0. The molecule has 1 atom stereocenters. The summed E-state index contributed by atoms with van der Waals surface area (Å²) in [5.74, 6) is -0.945. The lowest BCUT2D eigenvalue weighted by molar-refractivity contribution is -0.140. The molecule has 3 aromatic rings. The van der Waals surface area contributed by atoms with Crippen molar-refractivity contribution >= 4 is 27.8 Å². The molecule has 0 spiro atoms. The maximum atomic E-state index is 12.6. The van der Waals surface area contributed by atoms with E-state index in [9.17, 15) is 23.1 Å². The number of fused-ring (bicyclic) bond motifs is 1. The van der Waals surface area contributed by atoms with E-state index >= 15 is 0 Å². The van der Waals surface area contributed by atoms with E-state index in [1.807, 2.05) is 24.3 Å². The molecule has 1 heterocycles. The molecule has 1 aliphatic rings. The zero-order valence-electron chi connectivity index (χ0n) is 19.4. The summed E-state index contributed by atoms with van der Waals surface area (Å²) in [6.45, 7) is 3.29. The van der Waals surface area contributed by atoms with Crippen LogP contribution in [0.25, 0.3) is 11.1 Å². The summed E-state index contributed by atoms with van der Waals surface area (Å²) >= 11 is 1.49. The minimum absolute atomic E-state index is 0.0111. The molecule has 1 aliphatic carbocycles. The molecule has 0 amide bonds. The number of carboxylic acid groups (broad SMARTS) is 1. The normalized spacial score (nSPS) is 14.1. The fourth-order valence-corrected chi connectivity index (χ4v) is 6.14. The van der Waals surface area contributed by atoms with E-state index in [-0.39, 0.29) is 10.5 Å². The number of aromatic nitrogens is 2. The lowest BCUT2D eigenvalue weighted by Crippen LogP contribution is -2.44. The number of thioether (sulfide) groups is 1. The Bertz CT molecular complexity index is 1380. The highest BCUT2D eigenvalue weighted by molar-refractivity contribution is 7.98. The fourth-order valence-electron chi connectivity index (χ4n) is 3.97. The maximum absolute atomic E-state index is 12.6. The number of aromatic amines is 1. The van der Waals surface area contributed by atoms with Gasteiger partial charge in [0.2, 0.25) is 10.0 Å². The van der Waals surface area contributed by atoms with Gasteiger partial charge in [-0.1, -0.05) is 62.0 Å². The van der Waals surface area contributed by atoms with Gasteiger partial charge in [-0.05, 0) is 54.0 Å². The number of aryl methyl sites for hydroxylation is 1. The number of rotatable bonds is 9. The highest BCUT2D eigenvalue weighted by atomic mass is 32.2. The highest BCUT2D eigenvalue weighted by Gasteiger charge is 2.28. The number of hydrogen-bond acceptors (Lipinski definition) is 6. The van der Waals surface area contributed by atoms with Crippen LogP contribution in [-0.2, 0) is 33.4 Å². The largest absolute Gasteiger partial charge is 0.480 e. The first-order valence-corrected chi connectivity index (χ1v) is 13.8. The number of carbonyl (C=O) groups is 1. The van der Waals surface area contributed by atoms with Crippen LogP contribution in [0.15, 0.2) is 63.4 Å². The first-order chi connectivity index (χ1) is 16.6. The molecule has 4 rings (SSSR count). The third kappa shape index (κ3) is 5.83. The molecular formula is C25H27N3O5S2.